The standard InChI is InChI=1S/C17H21ClN2O2/c1-11-6-12(10-21)4-5-20(11)17(22)7-13-9-19-16-3-2-14(18)8-15(13)16/h2-3,8-9,11-12,19,21H,4-7,10H2,1H3/t11-,12-/m1/s1. The molecule has 0 aliphatic carbocycles. The molecule has 0 bridgehead atoms. The number of rotatable bonds is 3. The van der Waals surface area contributed by atoms with Crippen LogP contribution in [0.4, 0.5) is 0 Å². The molecule has 5 heteroatoms. The third kappa shape index (κ3) is 2.99. The number of likely N-dealkylation sites (tertiary alicyclic amines) is 1. The van der Waals surface area contributed by atoms with Crippen LogP contribution in [0.25, 0.3) is 10.9 Å². The Morgan fingerprint density at radius 1 is 1.50 bits per heavy atom. The first-order valence-electron chi connectivity index (χ1n) is 7.74. The molecule has 4 nitrogen and oxygen atoms in total. The minimum atomic E-state index is 0.143. The lowest BCUT2D eigenvalue weighted by molar-refractivity contribution is -0.134. The number of nitrogens with one attached hydrogen (secondary N) is 1. The van der Waals surface area contributed by atoms with Crippen LogP contribution < -0.4 is 0 Å². The van der Waals surface area contributed by atoms with E-state index in [1.54, 1.807) is 0 Å². The average molecular weight is 321 g/mol. The fourth-order valence-electron chi connectivity index (χ4n) is 3.37. The van der Waals surface area contributed by atoms with Gasteiger partial charge < -0.3 is 15.0 Å². The van der Waals surface area contributed by atoms with Gasteiger partial charge in [-0.05, 0) is 49.4 Å². The van der Waals surface area contributed by atoms with Crippen molar-refractivity contribution in [2.75, 3.05) is 13.2 Å². The van der Waals surface area contributed by atoms with Gasteiger partial charge in [-0.25, -0.2) is 0 Å². The molecule has 0 unspecified atom stereocenters. The van der Waals surface area contributed by atoms with Crippen LogP contribution in [0.2, 0.25) is 5.02 Å². The lowest BCUT2D eigenvalue weighted by Crippen LogP contribution is -2.45. The summed E-state index contributed by atoms with van der Waals surface area (Å²) in [5, 5.41) is 11.0. The molecule has 1 amide bonds. The number of aromatic nitrogens is 1. The first kappa shape index (κ1) is 15.4. The number of carbonyl (C=O) groups excluding carboxylic acids is 1. The van der Waals surface area contributed by atoms with Gasteiger partial charge in [0.25, 0.3) is 0 Å². The van der Waals surface area contributed by atoms with Crippen molar-refractivity contribution in [1.82, 2.24) is 9.88 Å². The van der Waals surface area contributed by atoms with E-state index in [1.807, 2.05) is 29.3 Å². The van der Waals surface area contributed by atoms with Crippen LogP contribution in [0.1, 0.15) is 25.3 Å². The predicted molar refractivity (Wildman–Crippen MR) is 88.0 cm³/mol. The van der Waals surface area contributed by atoms with Crippen molar-refractivity contribution >= 4 is 28.4 Å². The van der Waals surface area contributed by atoms with Crippen molar-refractivity contribution in [2.45, 2.75) is 32.2 Å². The summed E-state index contributed by atoms with van der Waals surface area (Å²) in [6.45, 7) is 3.01. The number of aliphatic hydroxyl groups is 1. The van der Waals surface area contributed by atoms with E-state index in [0.717, 1.165) is 35.9 Å². The molecule has 2 N–H and O–H groups in total. The molecule has 3 rings (SSSR count). The Kier molecular flexibility index (Phi) is 4.41. The van der Waals surface area contributed by atoms with Gasteiger partial charge in [0.15, 0.2) is 0 Å². The van der Waals surface area contributed by atoms with Gasteiger partial charge in [-0.1, -0.05) is 11.6 Å². The quantitative estimate of drug-likeness (QED) is 0.913. The fraction of sp³-hybridized carbons (Fsp3) is 0.471. The monoisotopic (exact) mass is 320 g/mol. The number of halogens is 1. The van der Waals surface area contributed by atoms with Gasteiger partial charge in [0, 0.05) is 41.3 Å². The van der Waals surface area contributed by atoms with Crippen LogP contribution in [0.5, 0.6) is 0 Å². The van der Waals surface area contributed by atoms with E-state index in [4.69, 9.17) is 11.6 Å². The molecule has 2 aromatic rings. The average Bonchev–Trinajstić information content (AvgIpc) is 2.89. The normalized spacial score (nSPS) is 22.2. The largest absolute Gasteiger partial charge is 0.396 e. The smallest absolute Gasteiger partial charge is 0.227 e. The van der Waals surface area contributed by atoms with Gasteiger partial charge in [0.2, 0.25) is 5.91 Å². The van der Waals surface area contributed by atoms with Crippen molar-refractivity contribution in [3.05, 3.63) is 35.0 Å². The number of nitrogens with zero attached hydrogens (tertiary/aromatic N) is 1. The topological polar surface area (TPSA) is 56.3 Å². The maximum Gasteiger partial charge on any atom is 0.227 e. The van der Waals surface area contributed by atoms with E-state index in [2.05, 4.69) is 11.9 Å². The van der Waals surface area contributed by atoms with Gasteiger partial charge in [0.1, 0.15) is 0 Å². The summed E-state index contributed by atoms with van der Waals surface area (Å²) < 4.78 is 0. The number of hydrogen-bond donors (Lipinski definition) is 2. The molecule has 2 atom stereocenters. The van der Waals surface area contributed by atoms with Crippen LogP contribution >= 0.6 is 11.6 Å². The number of aliphatic hydroxyl groups excluding tert-OH is 1. The van der Waals surface area contributed by atoms with Crippen molar-refractivity contribution in [3.8, 4) is 0 Å². The van der Waals surface area contributed by atoms with Crippen LogP contribution in [-0.2, 0) is 11.2 Å². The van der Waals surface area contributed by atoms with Crippen LogP contribution in [-0.4, -0.2) is 40.1 Å². The van der Waals surface area contributed by atoms with Gasteiger partial charge in [-0.15, -0.1) is 0 Å². The molecule has 1 aromatic carbocycles. The molecule has 0 radical (unpaired) electrons. The number of piperidine rings is 1. The molecule has 1 aliphatic rings. The molecule has 118 valence electrons. The van der Waals surface area contributed by atoms with E-state index >= 15 is 0 Å². The summed E-state index contributed by atoms with van der Waals surface area (Å²) in [6, 6.07) is 5.86. The highest BCUT2D eigenvalue weighted by molar-refractivity contribution is 6.31. The SMILES string of the molecule is C[C@@H]1C[C@H](CO)CCN1C(=O)Cc1c[nH]c2ccc(Cl)cc12. The minimum Gasteiger partial charge on any atom is -0.396 e. The maximum absolute atomic E-state index is 12.6. The van der Waals surface area contributed by atoms with E-state index in [1.165, 1.54) is 0 Å². The molecule has 1 saturated heterocycles. The minimum absolute atomic E-state index is 0.143. The first-order chi connectivity index (χ1) is 10.6. The molecule has 0 saturated carbocycles. The fourth-order valence-corrected chi connectivity index (χ4v) is 3.54. The molecule has 2 heterocycles. The van der Waals surface area contributed by atoms with Gasteiger partial charge in [-0.2, -0.15) is 0 Å². The van der Waals surface area contributed by atoms with Gasteiger partial charge in [0.05, 0.1) is 6.42 Å². The summed E-state index contributed by atoms with van der Waals surface area (Å²) >= 11 is 6.06. The zero-order valence-corrected chi connectivity index (χ0v) is 13.4. The molecular formula is C17H21ClN2O2. The number of fused-ring (bicyclic) bond motifs is 1. The Bertz CT molecular complexity index is 682. The number of aromatic amines is 1. The van der Waals surface area contributed by atoms with Crippen molar-refractivity contribution in [3.63, 3.8) is 0 Å². The molecule has 22 heavy (non-hydrogen) atoms. The Labute approximate surface area is 135 Å². The Morgan fingerprint density at radius 3 is 3.05 bits per heavy atom. The van der Waals surface area contributed by atoms with Gasteiger partial charge >= 0.3 is 0 Å². The number of benzene rings is 1. The molecule has 0 spiro atoms. The Balaban J connectivity index is 1.74. The third-order valence-corrected chi connectivity index (χ3v) is 4.87. The lowest BCUT2D eigenvalue weighted by Gasteiger charge is -2.37. The highest BCUT2D eigenvalue weighted by Gasteiger charge is 2.28. The summed E-state index contributed by atoms with van der Waals surface area (Å²) in [5.41, 5.74) is 1.98. The highest BCUT2D eigenvalue weighted by Crippen LogP contribution is 2.26. The number of hydrogen-bond acceptors (Lipinski definition) is 2. The molecular weight excluding hydrogens is 300 g/mol. The summed E-state index contributed by atoms with van der Waals surface area (Å²) in [6.07, 6.45) is 4.03. The number of H-pyrrole nitrogens is 1. The lowest BCUT2D eigenvalue weighted by atomic mass is 9.92. The predicted octanol–water partition coefficient (Wildman–Crippen LogP) is 2.98. The maximum atomic E-state index is 12.6. The first-order valence-corrected chi connectivity index (χ1v) is 8.12. The second kappa shape index (κ2) is 6.31. The molecule has 1 aromatic heterocycles. The third-order valence-electron chi connectivity index (χ3n) is 4.63. The van der Waals surface area contributed by atoms with Crippen LogP contribution in [0.3, 0.4) is 0 Å². The van der Waals surface area contributed by atoms with Crippen molar-refractivity contribution < 1.29 is 9.90 Å². The van der Waals surface area contributed by atoms with Crippen molar-refractivity contribution in [2.24, 2.45) is 5.92 Å². The van der Waals surface area contributed by atoms with Crippen molar-refractivity contribution in [1.29, 1.82) is 0 Å². The van der Waals surface area contributed by atoms with E-state index in [-0.39, 0.29) is 18.6 Å². The second-order valence-electron chi connectivity index (χ2n) is 6.19. The van der Waals surface area contributed by atoms with Crippen LogP contribution in [0.15, 0.2) is 24.4 Å². The molecule has 1 fully saturated rings. The van der Waals surface area contributed by atoms with E-state index < -0.39 is 0 Å². The molecule has 1 aliphatic heterocycles. The summed E-state index contributed by atoms with van der Waals surface area (Å²) in [4.78, 5) is 17.7. The highest BCUT2D eigenvalue weighted by atomic mass is 35.5. The summed E-state index contributed by atoms with van der Waals surface area (Å²) in [7, 11) is 0. The number of amides is 1. The number of carbonyl (C=O) groups is 1. The van der Waals surface area contributed by atoms with E-state index in [0.29, 0.717) is 17.4 Å². The Hall–Kier alpha value is -1.52. The second-order valence-corrected chi connectivity index (χ2v) is 6.63. The zero-order chi connectivity index (χ0) is 15.7. The van der Waals surface area contributed by atoms with Crippen LogP contribution in [0, 0.1) is 5.92 Å². The summed E-state index contributed by atoms with van der Waals surface area (Å²) in [5.74, 6) is 0.468. The van der Waals surface area contributed by atoms with E-state index in [9.17, 15) is 9.90 Å². The van der Waals surface area contributed by atoms with Gasteiger partial charge in [-0.3, -0.25) is 4.79 Å². The zero-order valence-electron chi connectivity index (χ0n) is 12.7. The Morgan fingerprint density at radius 2 is 2.32 bits per heavy atom.